The van der Waals surface area contributed by atoms with Gasteiger partial charge >= 0.3 is 5.97 Å². The molecular formula is C16H24N2O2. The Labute approximate surface area is 120 Å². The van der Waals surface area contributed by atoms with E-state index in [0.717, 1.165) is 19.4 Å². The zero-order chi connectivity index (χ0) is 14.8. The van der Waals surface area contributed by atoms with Gasteiger partial charge in [0.05, 0.1) is 0 Å². The van der Waals surface area contributed by atoms with Gasteiger partial charge < -0.3 is 10.8 Å². The molecule has 1 atom stereocenters. The third-order valence-electron chi connectivity index (χ3n) is 3.79. The number of carboxylic acid groups (broad SMARTS) is 1. The maximum absolute atomic E-state index is 11.7. The number of nitrogens with two attached hydrogens (primary N) is 1. The van der Waals surface area contributed by atoms with Gasteiger partial charge in [-0.1, -0.05) is 44.2 Å². The number of rotatable bonds is 7. The maximum atomic E-state index is 11.7. The fourth-order valence-corrected chi connectivity index (χ4v) is 2.59. The first-order valence-corrected chi connectivity index (χ1v) is 7.25. The molecule has 1 fully saturated rings. The normalized spacial score (nSPS) is 18.2. The van der Waals surface area contributed by atoms with Gasteiger partial charge in [-0.25, -0.2) is 4.79 Å². The number of carbonyl (C=O) groups is 1. The first-order chi connectivity index (χ1) is 9.43. The van der Waals surface area contributed by atoms with Gasteiger partial charge in [0.15, 0.2) is 5.54 Å². The Balaban J connectivity index is 2.22. The van der Waals surface area contributed by atoms with Gasteiger partial charge in [0.1, 0.15) is 0 Å². The molecule has 1 aromatic carbocycles. The minimum absolute atomic E-state index is 0.370. The van der Waals surface area contributed by atoms with Gasteiger partial charge in [0, 0.05) is 19.1 Å². The lowest BCUT2D eigenvalue weighted by Crippen LogP contribution is -2.54. The summed E-state index contributed by atoms with van der Waals surface area (Å²) in [5, 5.41) is 9.62. The van der Waals surface area contributed by atoms with E-state index >= 15 is 0 Å². The Hall–Kier alpha value is -1.39. The van der Waals surface area contributed by atoms with Crippen LogP contribution < -0.4 is 5.73 Å². The van der Waals surface area contributed by atoms with Crippen LogP contribution in [0.25, 0.3) is 0 Å². The molecule has 20 heavy (non-hydrogen) atoms. The highest BCUT2D eigenvalue weighted by Gasteiger charge is 2.41. The van der Waals surface area contributed by atoms with Crippen LogP contribution in [0.4, 0.5) is 0 Å². The highest BCUT2D eigenvalue weighted by molar-refractivity contribution is 5.80. The largest absolute Gasteiger partial charge is 0.480 e. The quantitative estimate of drug-likeness (QED) is 0.800. The molecule has 0 saturated heterocycles. The molecule has 1 aromatic rings. The molecule has 1 saturated carbocycles. The molecule has 1 unspecified atom stereocenters. The molecule has 110 valence electrons. The average Bonchev–Trinajstić information content (AvgIpc) is 3.22. The third-order valence-corrected chi connectivity index (χ3v) is 3.79. The lowest BCUT2D eigenvalue weighted by atomic mass is 9.90. The van der Waals surface area contributed by atoms with E-state index < -0.39 is 11.5 Å². The van der Waals surface area contributed by atoms with Crippen LogP contribution in [-0.2, 0) is 10.3 Å². The van der Waals surface area contributed by atoms with Crippen molar-refractivity contribution >= 4 is 5.97 Å². The predicted octanol–water partition coefficient (Wildman–Crippen LogP) is 2.05. The van der Waals surface area contributed by atoms with Crippen molar-refractivity contribution in [2.24, 2.45) is 11.7 Å². The van der Waals surface area contributed by atoms with E-state index in [1.54, 1.807) is 12.1 Å². The molecular weight excluding hydrogens is 252 g/mol. The lowest BCUT2D eigenvalue weighted by molar-refractivity contribution is -0.144. The number of aliphatic carboxylic acids is 1. The lowest BCUT2D eigenvalue weighted by Gasteiger charge is -2.33. The summed E-state index contributed by atoms with van der Waals surface area (Å²) < 4.78 is 0. The Morgan fingerprint density at radius 2 is 2.00 bits per heavy atom. The van der Waals surface area contributed by atoms with Gasteiger partial charge in [-0.3, -0.25) is 4.90 Å². The second kappa shape index (κ2) is 5.94. The molecule has 4 heteroatoms. The predicted molar refractivity (Wildman–Crippen MR) is 79.4 cm³/mol. The van der Waals surface area contributed by atoms with Gasteiger partial charge in [-0.2, -0.15) is 0 Å². The van der Waals surface area contributed by atoms with Crippen molar-refractivity contribution < 1.29 is 9.90 Å². The maximum Gasteiger partial charge on any atom is 0.329 e. The van der Waals surface area contributed by atoms with Crippen molar-refractivity contribution in [3.05, 3.63) is 35.9 Å². The van der Waals surface area contributed by atoms with Crippen LogP contribution in [0, 0.1) is 5.92 Å². The minimum Gasteiger partial charge on any atom is -0.480 e. The van der Waals surface area contributed by atoms with E-state index in [9.17, 15) is 9.90 Å². The van der Waals surface area contributed by atoms with Gasteiger partial charge in [-0.15, -0.1) is 0 Å². The summed E-state index contributed by atoms with van der Waals surface area (Å²) >= 11 is 0. The summed E-state index contributed by atoms with van der Waals surface area (Å²) in [5.41, 5.74) is 5.60. The highest BCUT2D eigenvalue weighted by atomic mass is 16.4. The van der Waals surface area contributed by atoms with E-state index in [2.05, 4.69) is 18.7 Å². The molecule has 3 N–H and O–H groups in total. The Kier molecular flexibility index (Phi) is 4.45. The van der Waals surface area contributed by atoms with Gasteiger partial charge in [0.25, 0.3) is 0 Å². The molecule has 0 radical (unpaired) electrons. The molecule has 1 aliphatic rings. The fraction of sp³-hybridized carbons (Fsp3) is 0.562. The van der Waals surface area contributed by atoms with Crippen LogP contribution in [-0.4, -0.2) is 35.1 Å². The second-order valence-electron chi connectivity index (χ2n) is 6.20. The van der Waals surface area contributed by atoms with Crippen molar-refractivity contribution in [3.8, 4) is 0 Å². The van der Waals surface area contributed by atoms with E-state index in [1.165, 1.54) is 0 Å². The van der Waals surface area contributed by atoms with Crippen LogP contribution in [0.1, 0.15) is 32.3 Å². The Morgan fingerprint density at radius 1 is 1.40 bits per heavy atom. The zero-order valence-corrected chi connectivity index (χ0v) is 12.2. The smallest absolute Gasteiger partial charge is 0.329 e. The molecule has 2 rings (SSSR count). The monoisotopic (exact) mass is 276 g/mol. The number of hydrogen-bond acceptors (Lipinski definition) is 3. The fourth-order valence-electron chi connectivity index (χ4n) is 2.59. The molecule has 4 nitrogen and oxygen atoms in total. The van der Waals surface area contributed by atoms with E-state index in [1.807, 2.05) is 18.2 Å². The van der Waals surface area contributed by atoms with E-state index in [0.29, 0.717) is 24.1 Å². The molecule has 0 bridgehead atoms. The summed E-state index contributed by atoms with van der Waals surface area (Å²) in [7, 11) is 0. The first kappa shape index (κ1) is 15.0. The Morgan fingerprint density at radius 3 is 2.45 bits per heavy atom. The summed E-state index contributed by atoms with van der Waals surface area (Å²) in [4.78, 5) is 14.0. The second-order valence-corrected chi connectivity index (χ2v) is 6.20. The van der Waals surface area contributed by atoms with Gasteiger partial charge in [-0.05, 0) is 24.3 Å². The molecule has 0 spiro atoms. The standard InChI is InChI=1S/C16H24N2O2/c1-12(2)10-18(14-8-9-14)11-16(17,15(19)20)13-6-4-3-5-7-13/h3-7,12,14H,8-11,17H2,1-2H3,(H,19,20). The summed E-state index contributed by atoms with van der Waals surface area (Å²) in [6, 6.07) is 9.65. The molecule has 1 aliphatic carbocycles. The number of hydrogen-bond donors (Lipinski definition) is 2. The van der Waals surface area contributed by atoms with Crippen LogP contribution >= 0.6 is 0 Å². The molecule has 0 aliphatic heterocycles. The van der Waals surface area contributed by atoms with Crippen molar-refractivity contribution in [2.45, 2.75) is 38.3 Å². The topological polar surface area (TPSA) is 66.6 Å². The van der Waals surface area contributed by atoms with Crippen LogP contribution in [0.5, 0.6) is 0 Å². The average molecular weight is 276 g/mol. The minimum atomic E-state index is -1.33. The van der Waals surface area contributed by atoms with Crippen molar-refractivity contribution in [2.75, 3.05) is 13.1 Å². The first-order valence-electron chi connectivity index (χ1n) is 7.25. The van der Waals surface area contributed by atoms with Crippen molar-refractivity contribution in [1.29, 1.82) is 0 Å². The summed E-state index contributed by atoms with van der Waals surface area (Å²) in [6.45, 7) is 5.56. The summed E-state index contributed by atoms with van der Waals surface area (Å²) in [5.74, 6) is -0.456. The molecule has 0 heterocycles. The number of benzene rings is 1. The third kappa shape index (κ3) is 3.38. The zero-order valence-electron chi connectivity index (χ0n) is 12.2. The van der Waals surface area contributed by atoms with Crippen LogP contribution in [0.2, 0.25) is 0 Å². The van der Waals surface area contributed by atoms with Crippen molar-refractivity contribution in [1.82, 2.24) is 4.90 Å². The number of carboxylic acids is 1. The highest BCUT2D eigenvalue weighted by Crippen LogP contribution is 2.31. The summed E-state index contributed by atoms with van der Waals surface area (Å²) in [6.07, 6.45) is 2.30. The molecule has 0 aromatic heterocycles. The van der Waals surface area contributed by atoms with Crippen LogP contribution in [0.3, 0.4) is 0 Å². The number of nitrogens with zero attached hydrogens (tertiary/aromatic N) is 1. The van der Waals surface area contributed by atoms with Crippen LogP contribution in [0.15, 0.2) is 30.3 Å². The van der Waals surface area contributed by atoms with Gasteiger partial charge in [0.2, 0.25) is 0 Å². The van der Waals surface area contributed by atoms with E-state index in [4.69, 9.17) is 5.73 Å². The molecule has 0 amide bonds. The Bertz CT molecular complexity index is 457. The van der Waals surface area contributed by atoms with E-state index in [-0.39, 0.29) is 0 Å². The SMILES string of the molecule is CC(C)CN(CC(N)(C(=O)O)c1ccccc1)C1CC1. The van der Waals surface area contributed by atoms with Crippen molar-refractivity contribution in [3.63, 3.8) is 0 Å².